The van der Waals surface area contributed by atoms with Gasteiger partial charge in [-0.25, -0.2) is 4.98 Å². The zero-order valence-electron chi connectivity index (χ0n) is 11.1. The van der Waals surface area contributed by atoms with Crippen molar-refractivity contribution in [2.24, 2.45) is 0 Å². The lowest BCUT2D eigenvalue weighted by Crippen LogP contribution is -2.24. The van der Waals surface area contributed by atoms with Crippen molar-refractivity contribution in [3.05, 3.63) is 58.8 Å². The third-order valence-corrected chi connectivity index (χ3v) is 2.77. The van der Waals surface area contributed by atoms with E-state index in [1.807, 2.05) is 42.3 Å². The number of rotatable bonds is 6. The molecule has 0 radical (unpaired) electrons. The molecule has 2 rings (SSSR count). The lowest BCUT2D eigenvalue weighted by molar-refractivity contribution is -0.385. The Hall–Kier alpha value is -2.63. The number of hydrogen-bond donors (Lipinski definition) is 0. The molecule has 0 bridgehead atoms. The molecule has 104 valence electrons. The molecule has 0 fully saturated rings. The molecule has 6 heteroatoms. The van der Waals surface area contributed by atoms with Gasteiger partial charge in [0.2, 0.25) is 0 Å². The predicted octanol–water partition coefficient (Wildman–Crippen LogP) is 2.51. The molecular formula is C14H15N3O3. The van der Waals surface area contributed by atoms with Gasteiger partial charge in [0.1, 0.15) is 24.4 Å². The van der Waals surface area contributed by atoms with Gasteiger partial charge in [-0.1, -0.05) is 18.2 Å². The molecule has 0 aliphatic rings. The lowest BCUT2D eigenvalue weighted by Gasteiger charge is -2.18. The molecular weight excluding hydrogens is 258 g/mol. The summed E-state index contributed by atoms with van der Waals surface area (Å²) < 4.78 is 5.58. The molecule has 0 saturated heterocycles. The van der Waals surface area contributed by atoms with Gasteiger partial charge in [-0.05, 0) is 18.2 Å². The summed E-state index contributed by atoms with van der Waals surface area (Å²) in [6, 6.07) is 12.6. The van der Waals surface area contributed by atoms with Crippen LogP contribution in [-0.4, -0.2) is 30.1 Å². The van der Waals surface area contributed by atoms with Crippen molar-refractivity contribution in [3.8, 4) is 5.75 Å². The Morgan fingerprint density at radius 1 is 1.25 bits per heavy atom. The number of benzene rings is 1. The summed E-state index contributed by atoms with van der Waals surface area (Å²) >= 11 is 0. The monoisotopic (exact) mass is 273 g/mol. The minimum absolute atomic E-state index is 0.0114. The Morgan fingerprint density at radius 3 is 2.60 bits per heavy atom. The number of aromatic nitrogens is 1. The van der Waals surface area contributed by atoms with Crippen molar-refractivity contribution in [1.82, 2.24) is 4.98 Å². The van der Waals surface area contributed by atoms with E-state index in [0.717, 1.165) is 5.75 Å². The highest BCUT2D eigenvalue weighted by molar-refractivity contribution is 5.42. The third kappa shape index (κ3) is 3.68. The smallest absolute Gasteiger partial charge is 0.287 e. The van der Waals surface area contributed by atoms with E-state index in [9.17, 15) is 10.1 Å². The zero-order chi connectivity index (χ0) is 14.4. The van der Waals surface area contributed by atoms with Crippen LogP contribution in [0.1, 0.15) is 0 Å². The summed E-state index contributed by atoms with van der Waals surface area (Å²) in [5.74, 6) is 1.49. The van der Waals surface area contributed by atoms with Crippen LogP contribution in [0.25, 0.3) is 0 Å². The van der Waals surface area contributed by atoms with Crippen LogP contribution in [0.2, 0.25) is 0 Å². The highest BCUT2D eigenvalue weighted by Crippen LogP contribution is 2.14. The molecule has 0 amide bonds. The van der Waals surface area contributed by atoms with Gasteiger partial charge in [0.05, 0.1) is 11.5 Å². The van der Waals surface area contributed by atoms with Crippen molar-refractivity contribution in [3.63, 3.8) is 0 Å². The number of anilines is 1. The Morgan fingerprint density at radius 2 is 2.00 bits per heavy atom. The van der Waals surface area contributed by atoms with E-state index in [4.69, 9.17) is 4.74 Å². The first-order chi connectivity index (χ1) is 9.66. The Bertz CT molecular complexity index is 558. The number of nitrogens with zero attached hydrogens (tertiary/aromatic N) is 3. The number of likely N-dealkylation sites (N-methyl/N-ethyl adjacent to an activating group) is 1. The van der Waals surface area contributed by atoms with Gasteiger partial charge >= 0.3 is 0 Å². The molecule has 6 nitrogen and oxygen atoms in total. The highest BCUT2D eigenvalue weighted by Gasteiger charge is 2.08. The molecule has 1 aromatic carbocycles. The van der Waals surface area contributed by atoms with Crippen molar-refractivity contribution >= 4 is 11.5 Å². The molecule has 0 aliphatic heterocycles. The van der Waals surface area contributed by atoms with Crippen LogP contribution in [0.5, 0.6) is 5.75 Å². The average molecular weight is 273 g/mol. The van der Waals surface area contributed by atoms with E-state index >= 15 is 0 Å². The topological polar surface area (TPSA) is 68.5 Å². The van der Waals surface area contributed by atoms with Gasteiger partial charge < -0.3 is 9.64 Å². The maximum atomic E-state index is 10.5. The summed E-state index contributed by atoms with van der Waals surface area (Å²) in [6.45, 7) is 1.15. The maximum absolute atomic E-state index is 10.5. The number of para-hydroxylation sites is 1. The molecule has 1 heterocycles. The summed E-state index contributed by atoms with van der Waals surface area (Å²) in [7, 11) is 1.86. The van der Waals surface area contributed by atoms with E-state index < -0.39 is 4.92 Å². The number of nitro groups is 1. The number of ether oxygens (including phenoxy) is 1. The van der Waals surface area contributed by atoms with E-state index in [1.54, 1.807) is 6.07 Å². The van der Waals surface area contributed by atoms with Crippen LogP contribution >= 0.6 is 0 Å². The van der Waals surface area contributed by atoms with Crippen LogP contribution in [-0.2, 0) is 0 Å². The van der Waals surface area contributed by atoms with Crippen molar-refractivity contribution in [2.75, 3.05) is 25.1 Å². The fourth-order valence-corrected chi connectivity index (χ4v) is 1.64. The van der Waals surface area contributed by atoms with Crippen LogP contribution in [0.15, 0.2) is 48.7 Å². The van der Waals surface area contributed by atoms with Gasteiger partial charge in [-0.15, -0.1) is 0 Å². The maximum Gasteiger partial charge on any atom is 0.287 e. The third-order valence-electron chi connectivity index (χ3n) is 2.77. The van der Waals surface area contributed by atoms with Crippen LogP contribution in [0.4, 0.5) is 11.5 Å². The molecule has 0 atom stereocenters. The van der Waals surface area contributed by atoms with E-state index in [1.165, 1.54) is 12.3 Å². The quantitative estimate of drug-likeness (QED) is 0.597. The summed E-state index contributed by atoms with van der Waals surface area (Å²) in [5, 5.41) is 10.5. The first-order valence-electron chi connectivity index (χ1n) is 6.16. The predicted molar refractivity (Wildman–Crippen MR) is 76.1 cm³/mol. The highest BCUT2D eigenvalue weighted by atomic mass is 16.6. The van der Waals surface area contributed by atoms with E-state index in [2.05, 4.69) is 4.98 Å². The molecule has 2 aromatic rings. The summed E-state index contributed by atoms with van der Waals surface area (Å²) in [6.07, 6.45) is 1.25. The van der Waals surface area contributed by atoms with Crippen molar-refractivity contribution in [1.29, 1.82) is 0 Å². The fraction of sp³-hybridized carbons (Fsp3) is 0.214. The first-order valence-corrected chi connectivity index (χ1v) is 6.16. The number of pyridine rings is 1. The molecule has 0 unspecified atom stereocenters. The SMILES string of the molecule is CN(CCOc1ccccc1)c1ccc([N+](=O)[O-])cn1. The molecule has 0 saturated carbocycles. The second kappa shape index (κ2) is 6.51. The normalized spacial score (nSPS) is 10.1. The Balaban J connectivity index is 1.85. The minimum Gasteiger partial charge on any atom is -0.492 e. The largest absolute Gasteiger partial charge is 0.492 e. The summed E-state index contributed by atoms with van der Waals surface area (Å²) in [5.41, 5.74) is -0.0114. The van der Waals surface area contributed by atoms with Crippen LogP contribution < -0.4 is 9.64 Å². The molecule has 1 aromatic heterocycles. The average Bonchev–Trinajstić information content (AvgIpc) is 2.48. The van der Waals surface area contributed by atoms with Gasteiger partial charge in [0.15, 0.2) is 0 Å². The lowest BCUT2D eigenvalue weighted by atomic mass is 10.3. The molecule has 0 N–H and O–H groups in total. The van der Waals surface area contributed by atoms with Crippen molar-refractivity contribution in [2.45, 2.75) is 0 Å². The van der Waals surface area contributed by atoms with Gasteiger partial charge in [-0.3, -0.25) is 10.1 Å². The first kappa shape index (κ1) is 13.8. The summed E-state index contributed by atoms with van der Waals surface area (Å²) in [4.78, 5) is 16.0. The standard InChI is InChI=1S/C14H15N3O3/c1-16(9-10-20-13-5-3-2-4-6-13)14-8-7-12(11-15-14)17(18)19/h2-8,11H,9-10H2,1H3. The Kier molecular flexibility index (Phi) is 4.49. The Labute approximate surface area is 116 Å². The van der Waals surface area contributed by atoms with Gasteiger partial charge in [0.25, 0.3) is 5.69 Å². The van der Waals surface area contributed by atoms with Gasteiger partial charge in [-0.2, -0.15) is 0 Å². The molecule has 20 heavy (non-hydrogen) atoms. The molecule has 0 aliphatic carbocycles. The fourth-order valence-electron chi connectivity index (χ4n) is 1.64. The van der Waals surface area contributed by atoms with Crippen LogP contribution in [0.3, 0.4) is 0 Å². The molecule has 0 spiro atoms. The van der Waals surface area contributed by atoms with Crippen molar-refractivity contribution < 1.29 is 9.66 Å². The second-order valence-corrected chi connectivity index (χ2v) is 4.21. The van der Waals surface area contributed by atoms with E-state index in [0.29, 0.717) is 19.0 Å². The minimum atomic E-state index is -0.463. The second-order valence-electron chi connectivity index (χ2n) is 4.21. The van der Waals surface area contributed by atoms with E-state index in [-0.39, 0.29) is 5.69 Å². The zero-order valence-corrected chi connectivity index (χ0v) is 11.1. The van der Waals surface area contributed by atoms with Crippen LogP contribution in [0, 0.1) is 10.1 Å². The van der Waals surface area contributed by atoms with Gasteiger partial charge in [0, 0.05) is 13.1 Å². The number of hydrogen-bond acceptors (Lipinski definition) is 5.